The summed E-state index contributed by atoms with van der Waals surface area (Å²) in [6, 6.07) is 14.1. The normalized spacial score (nSPS) is 13.3. The van der Waals surface area contributed by atoms with Gasteiger partial charge >= 0.3 is 0 Å². The van der Waals surface area contributed by atoms with Crippen LogP contribution in [0.2, 0.25) is 0 Å². The van der Waals surface area contributed by atoms with Gasteiger partial charge in [-0.2, -0.15) is 0 Å². The quantitative estimate of drug-likeness (QED) is 0.769. The maximum Gasteiger partial charge on any atom is 0.167 e. The molecule has 0 unspecified atom stereocenters. The lowest BCUT2D eigenvalue weighted by atomic mass is 9.99. The highest BCUT2D eigenvalue weighted by atomic mass is 79.9. The van der Waals surface area contributed by atoms with Gasteiger partial charge in [-0.25, -0.2) is 0 Å². The molecular weight excluding hydrogens is 300 g/mol. The molecule has 3 rings (SSSR count). The Morgan fingerprint density at radius 1 is 1.00 bits per heavy atom. The Hall–Kier alpha value is -1.41. The molecule has 0 saturated heterocycles. The van der Waals surface area contributed by atoms with Gasteiger partial charge in [0.1, 0.15) is 0 Å². The van der Waals surface area contributed by atoms with Gasteiger partial charge in [-0.3, -0.25) is 4.79 Å². The minimum absolute atomic E-state index is 0.206. The van der Waals surface area contributed by atoms with Gasteiger partial charge in [0, 0.05) is 16.5 Å². The molecule has 2 aromatic rings. The van der Waals surface area contributed by atoms with E-state index in [1.165, 1.54) is 17.5 Å². The van der Waals surface area contributed by atoms with Crippen molar-refractivity contribution in [3.63, 3.8) is 0 Å². The summed E-state index contributed by atoms with van der Waals surface area (Å²) in [5.41, 5.74) is 4.69. The van der Waals surface area contributed by atoms with E-state index in [0.29, 0.717) is 6.42 Å². The number of aryl methyl sites for hydroxylation is 2. The summed E-state index contributed by atoms with van der Waals surface area (Å²) in [4.78, 5) is 12.3. The Labute approximate surface area is 121 Å². The molecule has 2 heteroatoms. The standard InChI is InChI=1S/C17H15BrO/c18-16-8-4-12(5-9-16)10-17(19)15-7-6-13-2-1-3-14(13)11-15/h4-9,11H,1-3,10H2. The van der Waals surface area contributed by atoms with E-state index in [4.69, 9.17) is 0 Å². The van der Waals surface area contributed by atoms with Gasteiger partial charge in [-0.15, -0.1) is 0 Å². The highest BCUT2D eigenvalue weighted by Crippen LogP contribution is 2.23. The van der Waals surface area contributed by atoms with Crippen molar-refractivity contribution >= 4 is 21.7 Å². The zero-order valence-electron chi connectivity index (χ0n) is 10.7. The summed E-state index contributed by atoms with van der Waals surface area (Å²) in [6.45, 7) is 0. The monoisotopic (exact) mass is 314 g/mol. The number of hydrogen-bond donors (Lipinski definition) is 0. The third kappa shape index (κ3) is 2.79. The average molecular weight is 315 g/mol. The van der Waals surface area contributed by atoms with Crippen LogP contribution in [-0.4, -0.2) is 5.78 Å². The van der Waals surface area contributed by atoms with E-state index in [1.54, 1.807) is 0 Å². The molecular formula is C17H15BrO. The third-order valence-corrected chi connectivity index (χ3v) is 4.23. The first-order valence-electron chi connectivity index (χ1n) is 6.62. The van der Waals surface area contributed by atoms with Crippen molar-refractivity contribution in [2.24, 2.45) is 0 Å². The average Bonchev–Trinajstić information content (AvgIpc) is 2.88. The van der Waals surface area contributed by atoms with Crippen LogP contribution in [0.4, 0.5) is 0 Å². The van der Waals surface area contributed by atoms with Crippen LogP contribution >= 0.6 is 15.9 Å². The van der Waals surface area contributed by atoms with Crippen molar-refractivity contribution in [2.75, 3.05) is 0 Å². The number of carbonyl (C=O) groups excluding carboxylic acids is 1. The maximum absolute atomic E-state index is 12.3. The molecule has 0 amide bonds. The molecule has 19 heavy (non-hydrogen) atoms. The number of ketones is 1. The van der Waals surface area contributed by atoms with Gasteiger partial charge in [0.15, 0.2) is 5.78 Å². The lowest BCUT2D eigenvalue weighted by Gasteiger charge is -2.05. The molecule has 0 aliphatic heterocycles. The molecule has 0 spiro atoms. The summed E-state index contributed by atoms with van der Waals surface area (Å²) in [5, 5.41) is 0. The van der Waals surface area contributed by atoms with Crippen LogP contribution in [0.3, 0.4) is 0 Å². The first-order chi connectivity index (χ1) is 9.22. The molecule has 2 aromatic carbocycles. The summed E-state index contributed by atoms with van der Waals surface area (Å²) >= 11 is 3.41. The number of rotatable bonds is 3. The summed E-state index contributed by atoms with van der Waals surface area (Å²) < 4.78 is 1.04. The molecule has 1 nitrogen and oxygen atoms in total. The number of fused-ring (bicyclic) bond motifs is 1. The maximum atomic E-state index is 12.3. The topological polar surface area (TPSA) is 17.1 Å². The van der Waals surface area contributed by atoms with Gasteiger partial charge in [0.25, 0.3) is 0 Å². The van der Waals surface area contributed by atoms with E-state index in [2.05, 4.69) is 28.1 Å². The fourth-order valence-corrected chi connectivity index (χ4v) is 2.90. The SMILES string of the molecule is O=C(Cc1ccc(Br)cc1)c1ccc2c(c1)CCC2. The van der Waals surface area contributed by atoms with Crippen LogP contribution in [-0.2, 0) is 19.3 Å². The van der Waals surface area contributed by atoms with Gasteiger partial charge < -0.3 is 0 Å². The summed E-state index contributed by atoms with van der Waals surface area (Å²) in [5.74, 6) is 0.206. The number of halogens is 1. The molecule has 1 aliphatic rings. The molecule has 0 radical (unpaired) electrons. The van der Waals surface area contributed by atoms with E-state index < -0.39 is 0 Å². The van der Waals surface area contributed by atoms with Gasteiger partial charge in [-0.05, 0) is 54.2 Å². The predicted octanol–water partition coefficient (Wildman–Crippen LogP) is 4.36. The van der Waals surface area contributed by atoms with E-state index >= 15 is 0 Å². The molecule has 0 atom stereocenters. The largest absolute Gasteiger partial charge is 0.294 e. The van der Waals surface area contributed by atoms with Gasteiger partial charge in [-0.1, -0.05) is 40.2 Å². The predicted molar refractivity (Wildman–Crippen MR) is 80.6 cm³/mol. The Bertz CT molecular complexity index is 614. The van der Waals surface area contributed by atoms with Crippen LogP contribution in [0.5, 0.6) is 0 Å². The van der Waals surface area contributed by atoms with Crippen molar-refractivity contribution in [2.45, 2.75) is 25.7 Å². The zero-order valence-corrected chi connectivity index (χ0v) is 12.2. The first-order valence-corrected chi connectivity index (χ1v) is 7.41. The highest BCUT2D eigenvalue weighted by Gasteiger charge is 2.14. The molecule has 0 heterocycles. The molecule has 96 valence electrons. The van der Waals surface area contributed by atoms with Crippen LogP contribution < -0.4 is 0 Å². The highest BCUT2D eigenvalue weighted by molar-refractivity contribution is 9.10. The second kappa shape index (κ2) is 5.30. The smallest absolute Gasteiger partial charge is 0.167 e. The molecule has 0 aromatic heterocycles. The van der Waals surface area contributed by atoms with Crippen LogP contribution in [0, 0.1) is 0 Å². The fourth-order valence-electron chi connectivity index (χ4n) is 2.63. The van der Waals surface area contributed by atoms with Crippen LogP contribution in [0.25, 0.3) is 0 Å². The van der Waals surface area contributed by atoms with E-state index in [1.807, 2.05) is 30.3 Å². The van der Waals surface area contributed by atoms with E-state index in [0.717, 1.165) is 28.4 Å². The Balaban J connectivity index is 1.78. The summed E-state index contributed by atoms with van der Waals surface area (Å²) in [7, 11) is 0. The minimum Gasteiger partial charge on any atom is -0.294 e. The van der Waals surface area contributed by atoms with Crippen molar-refractivity contribution in [3.8, 4) is 0 Å². The molecule has 0 bridgehead atoms. The number of Topliss-reactive ketones (excluding diaryl/α,β-unsaturated/α-hetero) is 1. The van der Waals surface area contributed by atoms with Crippen molar-refractivity contribution < 1.29 is 4.79 Å². The number of carbonyl (C=O) groups is 1. The fraction of sp³-hybridized carbons (Fsp3) is 0.235. The minimum atomic E-state index is 0.206. The lowest BCUT2D eigenvalue weighted by molar-refractivity contribution is 0.0993. The Kier molecular flexibility index (Phi) is 3.52. The van der Waals surface area contributed by atoms with Crippen molar-refractivity contribution in [3.05, 3.63) is 69.2 Å². The first kappa shape index (κ1) is 12.6. The Morgan fingerprint density at radius 3 is 2.53 bits per heavy atom. The number of benzene rings is 2. The lowest BCUT2D eigenvalue weighted by Crippen LogP contribution is -2.04. The second-order valence-electron chi connectivity index (χ2n) is 5.06. The molecule has 0 saturated carbocycles. The third-order valence-electron chi connectivity index (χ3n) is 3.70. The Morgan fingerprint density at radius 2 is 1.74 bits per heavy atom. The van der Waals surface area contributed by atoms with Crippen LogP contribution in [0.15, 0.2) is 46.9 Å². The number of hydrogen-bond acceptors (Lipinski definition) is 1. The van der Waals surface area contributed by atoms with E-state index in [-0.39, 0.29) is 5.78 Å². The zero-order chi connectivity index (χ0) is 13.2. The molecule has 0 N–H and O–H groups in total. The van der Waals surface area contributed by atoms with E-state index in [9.17, 15) is 4.79 Å². The molecule has 0 fully saturated rings. The summed E-state index contributed by atoms with van der Waals surface area (Å²) in [6.07, 6.45) is 3.98. The van der Waals surface area contributed by atoms with Crippen molar-refractivity contribution in [1.82, 2.24) is 0 Å². The second-order valence-corrected chi connectivity index (χ2v) is 5.98. The van der Waals surface area contributed by atoms with Gasteiger partial charge in [0.2, 0.25) is 0 Å². The van der Waals surface area contributed by atoms with Gasteiger partial charge in [0.05, 0.1) is 0 Å². The molecule has 1 aliphatic carbocycles. The van der Waals surface area contributed by atoms with Crippen LogP contribution in [0.1, 0.15) is 33.5 Å². The van der Waals surface area contributed by atoms with Crippen molar-refractivity contribution in [1.29, 1.82) is 0 Å².